The van der Waals surface area contributed by atoms with E-state index in [2.05, 4.69) is 0 Å². The maximum atomic E-state index is 12.0. The van der Waals surface area contributed by atoms with Gasteiger partial charge in [0, 0.05) is 6.04 Å². The highest BCUT2D eigenvalue weighted by Crippen LogP contribution is 2.29. The molecule has 1 unspecified atom stereocenters. The zero-order chi connectivity index (χ0) is 11.7. The van der Waals surface area contributed by atoms with Gasteiger partial charge in [0.05, 0.1) is 6.04 Å². The highest BCUT2D eigenvalue weighted by molar-refractivity contribution is 5.87. The van der Waals surface area contributed by atoms with Crippen LogP contribution in [0.4, 0.5) is 0 Å². The molecule has 0 saturated carbocycles. The van der Waals surface area contributed by atoms with Crippen molar-refractivity contribution >= 4 is 11.9 Å². The minimum Gasteiger partial charge on any atom is -0.480 e. The number of hydrogen-bond acceptors (Lipinski definition) is 3. The summed E-state index contributed by atoms with van der Waals surface area (Å²) in [5, 5.41) is 9.14. The van der Waals surface area contributed by atoms with Gasteiger partial charge in [0.25, 0.3) is 0 Å². The Morgan fingerprint density at radius 2 is 1.88 bits per heavy atom. The number of hydrogen-bond donors (Lipinski definition) is 2. The first-order valence-corrected chi connectivity index (χ1v) is 5.92. The largest absolute Gasteiger partial charge is 0.480 e. The number of carbonyl (C=O) groups excluding carboxylic acids is 1. The number of fused-ring (bicyclic) bond motifs is 1. The van der Waals surface area contributed by atoms with Gasteiger partial charge in [-0.1, -0.05) is 0 Å². The van der Waals surface area contributed by atoms with Gasteiger partial charge in [0.15, 0.2) is 0 Å². The average molecular weight is 226 g/mol. The summed E-state index contributed by atoms with van der Waals surface area (Å²) >= 11 is 0. The summed E-state index contributed by atoms with van der Waals surface area (Å²) in [5.41, 5.74) is 5.76. The Morgan fingerprint density at radius 1 is 1.25 bits per heavy atom. The molecular formula is C11H18N2O3. The van der Waals surface area contributed by atoms with Crippen molar-refractivity contribution < 1.29 is 14.7 Å². The number of carbonyl (C=O) groups is 2. The van der Waals surface area contributed by atoms with E-state index in [-0.39, 0.29) is 11.9 Å². The Hall–Kier alpha value is -1.10. The van der Waals surface area contributed by atoms with Gasteiger partial charge in [0.1, 0.15) is 6.04 Å². The predicted molar refractivity (Wildman–Crippen MR) is 57.7 cm³/mol. The third kappa shape index (κ3) is 1.91. The Morgan fingerprint density at radius 3 is 2.50 bits per heavy atom. The van der Waals surface area contributed by atoms with Crippen LogP contribution in [0, 0.1) is 0 Å². The smallest absolute Gasteiger partial charge is 0.326 e. The number of amides is 1. The van der Waals surface area contributed by atoms with Crippen molar-refractivity contribution in [2.75, 3.05) is 0 Å². The molecule has 2 aliphatic rings. The number of nitrogens with zero attached hydrogens (tertiary/aromatic N) is 1. The molecule has 90 valence electrons. The van der Waals surface area contributed by atoms with Crippen LogP contribution in [-0.2, 0) is 9.59 Å². The molecule has 16 heavy (non-hydrogen) atoms. The van der Waals surface area contributed by atoms with Crippen molar-refractivity contribution in [2.45, 2.75) is 56.7 Å². The minimum absolute atomic E-state index is 0.0934. The molecule has 0 aromatic rings. The van der Waals surface area contributed by atoms with Gasteiger partial charge in [0.2, 0.25) is 5.91 Å². The van der Waals surface area contributed by atoms with Crippen LogP contribution in [-0.4, -0.2) is 40.0 Å². The van der Waals surface area contributed by atoms with Crippen LogP contribution >= 0.6 is 0 Å². The van der Waals surface area contributed by atoms with E-state index in [1.165, 1.54) is 0 Å². The lowest BCUT2D eigenvalue weighted by Gasteiger charge is -2.39. The highest BCUT2D eigenvalue weighted by atomic mass is 16.4. The Bertz CT molecular complexity index is 306. The van der Waals surface area contributed by atoms with Gasteiger partial charge in [-0.2, -0.15) is 0 Å². The number of nitrogens with two attached hydrogens (primary N) is 1. The van der Waals surface area contributed by atoms with Crippen LogP contribution in [0.2, 0.25) is 0 Å². The molecule has 2 heterocycles. The van der Waals surface area contributed by atoms with Crippen LogP contribution < -0.4 is 5.73 Å². The van der Waals surface area contributed by atoms with E-state index in [9.17, 15) is 9.59 Å². The fraction of sp³-hybridized carbons (Fsp3) is 0.818. The number of carboxylic acid groups (broad SMARTS) is 1. The molecule has 5 heteroatoms. The second-order valence-electron chi connectivity index (χ2n) is 4.72. The monoisotopic (exact) mass is 226 g/mol. The van der Waals surface area contributed by atoms with Crippen LogP contribution in [0.1, 0.15) is 38.5 Å². The van der Waals surface area contributed by atoms with Crippen LogP contribution in [0.25, 0.3) is 0 Å². The first-order valence-electron chi connectivity index (χ1n) is 5.92. The van der Waals surface area contributed by atoms with Gasteiger partial charge in [-0.25, -0.2) is 4.79 Å². The quantitative estimate of drug-likeness (QED) is 0.675. The summed E-state index contributed by atoms with van der Waals surface area (Å²) < 4.78 is 0. The fourth-order valence-electron chi connectivity index (χ4n) is 2.83. The molecule has 0 aromatic heterocycles. The molecule has 2 aliphatic heterocycles. The molecular weight excluding hydrogens is 208 g/mol. The second kappa shape index (κ2) is 4.41. The van der Waals surface area contributed by atoms with E-state index in [1.807, 2.05) is 0 Å². The summed E-state index contributed by atoms with van der Waals surface area (Å²) in [6.45, 7) is 0. The van der Waals surface area contributed by atoms with Crippen LogP contribution in [0.5, 0.6) is 0 Å². The zero-order valence-electron chi connectivity index (χ0n) is 9.26. The van der Waals surface area contributed by atoms with E-state index >= 15 is 0 Å². The average Bonchev–Trinajstić information content (AvgIpc) is 2.40. The molecule has 3 atom stereocenters. The summed E-state index contributed by atoms with van der Waals surface area (Å²) in [6, 6.07) is -1.07. The van der Waals surface area contributed by atoms with E-state index in [4.69, 9.17) is 10.8 Å². The number of piperidine rings is 1. The lowest BCUT2D eigenvalue weighted by molar-refractivity contribution is -0.155. The van der Waals surface area contributed by atoms with Gasteiger partial charge in [-0.15, -0.1) is 0 Å². The standard InChI is InChI=1S/C11H18N2O3/c12-8-5-1-3-7-4-2-6-9(11(15)16)13(7)10(8)14/h7-9H,1-6,12H2,(H,15,16)/t7?,8-,9-/m0/s1. The first kappa shape index (κ1) is 11.4. The van der Waals surface area contributed by atoms with Crippen molar-refractivity contribution in [3.8, 4) is 0 Å². The second-order valence-corrected chi connectivity index (χ2v) is 4.72. The number of aliphatic carboxylic acids is 1. The third-order valence-corrected chi connectivity index (χ3v) is 3.65. The summed E-state index contributed by atoms with van der Waals surface area (Å²) in [7, 11) is 0. The summed E-state index contributed by atoms with van der Waals surface area (Å²) in [6.07, 6.45) is 4.86. The van der Waals surface area contributed by atoms with E-state index in [0.717, 1.165) is 25.7 Å². The van der Waals surface area contributed by atoms with Gasteiger partial charge < -0.3 is 15.7 Å². The zero-order valence-corrected chi connectivity index (χ0v) is 9.26. The molecule has 5 nitrogen and oxygen atoms in total. The van der Waals surface area contributed by atoms with Crippen molar-refractivity contribution in [1.82, 2.24) is 4.90 Å². The molecule has 0 aliphatic carbocycles. The Labute approximate surface area is 94.6 Å². The van der Waals surface area contributed by atoms with Crippen LogP contribution in [0.3, 0.4) is 0 Å². The third-order valence-electron chi connectivity index (χ3n) is 3.65. The minimum atomic E-state index is -0.896. The SMILES string of the molecule is N[C@H]1CCCC2CCC[C@@H](C(=O)O)N2C1=O. The molecule has 2 saturated heterocycles. The van der Waals surface area contributed by atoms with Crippen molar-refractivity contribution in [2.24, 2.45) is 5.73 Å². The summed E-state index contributed by atoms with van der Waals surface area (Å²) in [5.74, 6) is -1.07. The molecule has 0 spiro atoms. The normalized spacial score (nSPS) is 35.4. The van der Waals surface area contributed by atoms with Gasteiger partial charge in [-0.05, 0) is 38.5 Å². The molecule has 2 rings (SSSR count). The van der Waals surface area contributed by atoms with Gasteiger partial charge in [-0.3, -0.25) is 4.79 Å². The van der Waals surface area contributed by atoms with Crippen LogP contribution in [0.15, 0.2) is 0 Å². The Balaban J connectivity index is 2.25. The maximum absolute atomic E-state index is 12.0. The predicted octanol–water partition coefficient (Wildman–Crippen LogP) is 0.332. The highest BCUT2D eigenvalue weighted by Gasteiger charge is 2.41. The number of carboxylic acids is 1. The van der Waals surface area contributed by atoms with E-state index < -0.39 is 18.1 Å². The Kier molecular flexibility index (Phi) is 3.14. The first-order chi connectivity index (χ1) is 7.61. The molecule has 0 bridgehead atoms. The lowest BCUT2D eigenvalue weighted by Crippen LogP contribution is -2.56. The number of rotatable bonds is 1. The molecule has 0 radical (unpaired) electrons. The molecule has 1 amide bonds. The van der Waals surface area contributed by atoms with Gasteiger partial charge >= 0.3 is 5.97 Å². The maximum Gasteiger partial charge on any atom is 0.326 e. The topological polar surface area (TPSA) is 83.6 Å². The van der Waals surface area contributed by atoms with E-state index in [0.29, 0.717) is 12.8 Å². The van der Waals surface area contributed by atoms with Crippen molar-refractivity contribution in [3.05, 3.63) is 0 Å². The van der Waals surface area contributed by atoms with Crippen molar-refractivity contribution in [1.29, 1.82) is 0 Å². The molecule has 2 fully saturated rings. The summed E-state index contributed by atoms with van der Waals surface area (Å²) in [4.78, 5) is 24.7. The van der Waals surface area contributed by atoms with E-state index in [1.54, 1.807) is 4.90 Å². The molecule has 3 N–H and O–H groups in total. The fourth-order valence-corrected chi connectivity index (χ4v) is 2.83. The van der Waals surface area contributed by atoms with Crippen molar-refractivity contribution in [3.63, 3.8) is 0 Å². The molecule has 0 aromatic carbocycles. The lowest BCUT2D eigenvalue weighted by atomic mass is 9.93.